The lowest BCUT2D eigenvalue weighted by molar-refractivity contribution is 0.241. The SMILES string of the molecule is CCNC(=NCc1ccc(F)cc1CSC)NCC(C)(C)CN(C)C.I. The minimum Gasteiger partial charge on any atom is -0.357 e. The van der Waals surface area contributed by atoms with Gasteiger partial charge in [-0.15, -0.1) is 24.0 Å². The monoisotopic (exact) mass is 496 g/mol. The van der Waals surface area contributed by atoms with Crippen molar-refractivity contribution in [1.29, 1.82) is 0 Å². The molecule has 0 saturated heterocycles. The van der Waals surface area contributed by atoms with E-state index >= 15 is 0 Å². The number of hydrogen-bond acceptors (Lipinski definition) is 3. The molecule has 0 aliphatic heterocycles. The number of aliphatic imine (C=N–C) groups is 1. The van der Waals surface area contributed by atoms with Gasteiger partial charge in [-0.2, -0.15) is 11.8 Å². The van der Waals surface area contributed by atoms with Crippen molar-refractivity contribution in [2.24, 2.45) is 10.4 Å². The maximum atomic E-state index is 13.5. The molecule has 0 spiro atoms. The third-order valence-corrected chi connectivity index (χ3v) is 4.30. The van der Waals surface area contributed by atoms with E-state index in [0.29, 0.717) is 6.54 Å². The lowest BCUT2D eigenvalue weighted by atomic mass is 9.93. The lowest BCUT2D eigenvalue weighted by Crippen LogP contribution is -2.44. The molecule has 0 aliphatic rings. The van der Waals surface area contributed by atoms with E-state index in [1.807, 2.05) is 12.3 Å². The van der Waals surface area contributed by atoms with Crippen molar-refractivity contribution in [1.82, 2.24) is 15.5 Å². The molecule has 0 aromatic heterocycles. The van der Waals surface area contributed by atoms with Gasteiger partial charge in [0.05, 0.1) is 6.54 Å². The number of rotatable bonds is 9. The minimum atomic E-state index is -0.188. The van der Waals surface area contributed by atoms with Gasteiger partial charge in [-0.25, -0.2) is 9.38 Å². The van der Waals surface area contributed by atoms with Crippen molar-refractivity contribution in [3.63, 3.8) is 0 Å². The molecule has 26 heavy (non-hydrogen) atoms. The van der Waals surface area contributed by atoms with E-state index in [9.17, 15) is 4.39 Å². The molecule has 1 aromatic rings. The van der Waals surface area contributed by atoms with Gasteiger partial charge < -0.3 is 15.5 Å². The zero-order chi connectivity index (χ0) is 18.9. The summed E-state index contributed by atoms with van der Waals surface area (Å²) in [5, 5.41) is 6.72. The molecule has 150 valence electrons. The fourth-order valence-electron chi connectivity index (χ4n) is 2.78. The van der Waals surface area contributed by atoms with Crippen LogP contribution in [0.5, 0.6) is 0 Å². The smallest absolute Gasteiger partial charge is 0.191 e. The van der Waals surface area contributed by atoms with Crippen LogP contribution in [-0.4, -0.2) is 50.8 Å². The highest BCUT2D eigenvalue weighted by Crippen LogP contribution is 2.18. The molecular formula is C19H34FIN4S. The number of benzene rings is 1. The number of hydrogen-bond donors (Lipinski definition) is 2. The third kappa shape index (κ3) is 9.97. The molecular weight excluding hydrogens is 462 g/mol. The summed E-state index contributed by atoms with van der Waals surface area (Å²) >= 11 is 1.69. The second-order valence-electron chi connectivity index (χ2n) is 7.30. The summed E-state index contributed by atoms with van der Waals surface area (Å²) in [5.74, 6) is 1.41. The van der Waals surface area contributed by atoms with Gasteiger partial charge in [0.15, 0.2) is 5.96 Å². The minimum absolute atomic E-state index is 0. The highest BCUT2D eigenvalue weighted by atomic mass is 127. The number of thioether (sulfide) groups is 1. The van der Waals surface area contributed by atoms with Crippen LogP contribution in [0.3, 0.4) is 0 Å². The molecule has 7 heteroatoms. The van der Waals surface area contributed by atoms with Crippen LogP contribution in [0.4, 0.5) is 4.39 Å². The van der Waals surface area contributed by atoms with Gasteiger partial charge in [0, 0.05) is 25.4 Å². The first-order chi connectivity index (χ1) is 11.8. The van der Waals surface area contributed by atoms with Crippen molar-refractivity contribution in [3.05, 3.63) is 35.1 Å². The van der Waals surface area contributed by atoms with Crippen molar-refractivity contribution in [2.45, 2.75) is 33.1 Å². The summed E-state index contributed by atoms with van der Waals surface area (Å²) in [4.78, 5) is 6.88. The quantitative estimate of drug-likeness (QED) is 0.309. The summed E-state index contributed by atoms with van der Waals surface area (Å²) in [7, 11) is 4.17. The fourth-order valence-corrected chi connectivity index (χ4v) is 3.36. The number of nitrogens with zero attached hydrogens (tertiary/aromatic N) is 2. The Morgan fingerprint density at radius 1 is 1.23 bits per heavy atom. The van der Waals surface area contributed by atoms with E-state index in [1.165, 1.54) is 6.07 Å². The van der Waals surface area contributed by atoms with Gasteiger partial charge in [-0.05, 0) is 55.9 Å². The van der Waals surface area contributed by atoms with Crippen LogP contribution in [0, 0.1) is 11.2 Å². The molecule has 0 heterocycles. The predicted molar refractivity (Wildman–Crippen MR) is 124 cm³/mol. The van der Waals surface area contributed by atoms with Crippen molar-refractivity contribution in [2.75, 3.05) is 40.0 Å². The zero-order valence-electron chi connectivity index (χ0n) is 16.9. The van der Waals surface area contributed by atoms with E-state index in [2.05, 4.69) is 55.4 Å². The van der Waals surface area contributed by atoms with E-state index in [1.54, 1.807) is 17.8 Å². The van der Waals surface area contributed by atoms with Gasteiger partial charge in [0.2, 0.25) is 0 Å². The maximum absolute atomic E-state index is 13.5. The van der Waals surface area contributed by atoms with E-state index < -0.39 is 0 Å². The van der Waals surface area contributed by atoms with Crippen LogP contribution in [-0.2, 0) is 12.3 Å². The van der Waals surface area contributed by atoms with Crippen LogP contribution < -0.4 is 10.6 Å². The molecule has 1 rings (SSSR count). The third-order valence-electron chi connectivity index (χ3n) is 3.70. The Bertz CT molecular complexity index is 564. The number of nitrogens with one attached hydrogen (secondary N) is 2. The Balaban J connectivity index is 0.00000625. The highest BCUT2D eigenvalue weighted by Gasteiger charge is 2.19. The van der Waals surface area contributed by atoms with Crippen LogP contribution >= 0.6 is 35.7 Å². The summed E-state index contributed by atoms with van der Waals surface area (Å²) in [6.07, 6.45) is 2.02. The van der Waals surface area contributed by atoms with Crippen molar-refractivity contribution in [3.8, 4) is 0 Å². The first-order valence-electron chi connectivity index (χ1n) is 8.70. The first-order valence-corrected chi connectivity index (χ1v) is 10.1. The molecule has 0 aliphatic carbocycles. The van der Waals surface area contributed by atoms with Crippen LogP contribution in [0.15, 0.2) is 23.2 Å². The maximum Gasteiger partial charge on any atom is 0.191 e. The van der Waals surface area contributed by atoms with Crippen molar-refractivity contribution < 1.29 is 4.39 Å². The molecule has 0 unspecified atom stereocenters. The molecule has 0 amide bonds. The number of guanidine groups is 1. The molecule has 0 bridgehead atoms. The van der Waals surface area contributed by atoms with Gasteiger partial charge in [-0.1, -0.05) is 19.9 Å². The molecule has 4 nitrogen and oxygen atoms in total. The summed E-state index contributed by atoms with van der Waals surface area (Å²) in [5.41, 5.74) is 2.22. The Morgan fingerprint density at radius 3 is 2.50 bits per heavy atom. The largest absolute Gasteiger partial charge is 0.357 e. The standard InChI is InChI=1S/C19H33FN4S.HI/c1-7-21-18(23-13-19(2,3)14-24(4)5)22-11-15-8-9-17(20)10-16(15)12-25-6;/h8-10H,7,11-14H2,1-6H3,(H2,21,22,23);1H. The number of halogens is 2. The predicted octanol–water partition coefficient (Wildman–Crippen LogP) is 3.95. The molecule has 1 aromatic carbocycles. The van der Waals surface area contributed by atoms with E-state index in [-0.39, 0.29) is 35.2 Å². The van der Waals surface area contributed by atoms with Crippen LogP contribution in [0.1, 0.15) is 31.9 Å². The lowest BCUT2D eigenvalue weighted by Gasteiger charge is -2.29. The normalized spacial score (nSPS) is 12.1. The second kappa shape index (κ2) is 12.8. The average Bonchev–Trinajstić information content (AvgIpc) is 2.50. The molecule has 0 saturated carbocycles. The molecule has 0 atom stereocenters. The zero-order valence-corrected chi connectivity index (χ0v) is 20.0. The Hall–Kier alpha value is -0.540. The Labute approximate surface area is 179 Å². The van der Waals surface area contributed by atoms with Crippen LogP contribution in [0.25, 0.3) is 0 Å². The second-order valence-corrected chi connectivity index (χ2v) is 8.16. The molecule has 2 N–H and O–H groups in total. The van der Waals surface area contributed by atoms with E-state index in [4.69, 9.17) is 0 Å². The van der Waals surface area contributed by atoms with Gasteiger partial charge in [0.1, 0.15) is 5.82 Å². The fraction of sp³-hybridized carbons (Fsp3) is 0.632. The average molecular weight is 496 g/mol. The Kier molecular flexibility index (Phi) is 12.5. The van der Waals surface area contributed by atoms with Gasteiger partial charge >= 0.3 is 0 Å². The topological polar surface area (TPSA) is 39.7 Å². The summed E-state index contributed by atoms with van der Waals surface area (Å²) in [6.45, 7) is 9.70. The van der Waals surface area contributed by atoms with Gasteiger partial charge in [0.25, 0.3) is 0 Å². The van der Waals surface area contributed by atoms with Crippen molar-refractivity contribution >= 4 is 41.7 Å². The molecule has 0 fully saturated rings. The Morgan fingerprint density at radius 2 is 1.92 bits per heavy atom. The summed E-state index contributed by atoms with van der Waals surface area (Å²) < 4.78 is 13.5. The highest BCUT2D eigenvalue weighted by molar-refractivity contribution is 14.0. The first kappa shape index (κ1) is 25.5. The van der Waals surface area contributed by atoms with Gasteiger partial charge in [-0.3, -0.25) is 0 Å². The summed E-state index contributed by atoms with van der Waals surface area (Å²) in [6, 6.07) is 4.96. The molecule has 0 radical (unpaired) electrons. The van der Waals surface area contributed by atoms with E-state index in [0.717, 1.165) is 42.5 Å². The van der Waals surface area contributed by atoms with Crippen LogP contribution in [0.2, 0.25) is 0 Å².